The molecular formula is C21H26N2O. The molecule has 0 aromatic heterocycles. The van der Waals surface area contributed by atoms with Gasteiger partial charge in [-0.25, -0.2) is 4.79 Å². The van der Waals surface area contributed by atoms with Crippen molar-refractivity contribution in [1.29, 1.82) is 0 Å². The zero-order valence-electron chi connectivity index (χ0n) is 14.4. The summed E-state index contributed by atoms with van der Waals surface area (Å²) in [5.41, 5.74) is 3.42. The quantitative estimate of drug-likeness (QED) is 0.855. The fourth-order valence-electron chi connectivity index (χ4n) is 3.50. The van der Waals surface area contributed by atoms with E-state index in [1.54, 1.807) is 0 Å². The zero-order valence-corrected chi connectivity index (χ0v) is 14.4. The van der Waals surface area contributed by atoms with Crippen molar-refractivity contribution in [3.8, 4) is 0 Å². The van der Waals surface area contributed by atoms with Gasteiger partial charge in [-0.05, 0) is 49.3 Å². The summed E-state index contributed by atoms with van der Waals surface area (Å²) in [4.78, 5) is 14.9. The second-order valence-electron chi connectivity index (χ2n) is 6.47. The van der Waals surface area contributed by atoms with Gasteiger partial charge in [0.1, 0.15) is 0 Å². The van der Waals surface area contributed by atoms with Crippen molar-refractivity contribution in [2.75, 3.05) is 11.9 Å². The van der Waals surface area contributed by atoms with Crippen LogP contribution in [0.15, 0.2) is 54.6 Å². The fourth-order valence-corrected chi connectivity index (χ4v) is 3.50. The number of hydrogen-bond acceptors (Lipinski definition) is 1. The van der Waals surface area contributed by atoms with Crippen LogP contribution in [0.3, 0.4) is 0 Å². The molecule has 1 aliphatic heterocycles. The number of benzene rings is 2. The molecule has 0 spiro atoms. The number of nitrogens with zero attached hydrogens (tertiary/aromatic N) is 1. The maximum Gasteiger partial charge on any atom is 0.322 e. The van der Waals surface area contributed by atoms with Crippen molar-refractivity contribution in [3.05, 3.63) is 65.7 Å². The van der Waals surface area contributed by atoms with Gasteiger partial charge in [0.2, 0.25) is 0 Å². The van der Waals surface area contributed by atoms with Crippen LogP contribution in [0, 0.1) is 0 Å². The van der Waals surface area contributed by atoms with Crippen molar-refractivity contribution in [1.82, 2.24) is 4.90 Å². The van der Waals surface area contributed by atoms with Crippen molar-refractivity contribution >= 4 is 11.7 Å². The lowest BCUT2D eigenvalue weighted by Crippen LogP contribution is -2.47. The van der Waals surface area contributed by atoms with E-state index in [1.165, 1.54) is 17.5 Å². The van der Waals surface area contributed by atoms with Gasteiger partial charge in [0.05, 0.1) is 0 Å². The summed E-state index contributed by atoms with van der Waals surface area (Å²) in [7, 11) is 0. The normalized spacial score (nSPS) is 17.5. The minimum Gasteiger partial charge on any atom is -0.321 e. The third-order valence-corrected chi connectivity index (χ3v) is 4.84. The standard InChI is InChI=1S/C21H26N2O/c1-2-18-12-6-7-14-20(18)22-21(24)23-15-9-8-13-19(23)16-17-10-4-3-5-11-17/h3-7,10-12,14,19H,2,8-9,13,15-16H2,1H3,(H,22,24)/t19-/m0/s1. The van der Waals surface area contributed by atoms with E-state index in [2.05, 4.69) is 42.6 Å². The van der Waals surface area contributed by atoms with Gasteiger partial charge < -0.3 is 10.2 Å². The van der Waals surface area contributed by atoms with Crippen LogP contribution >= 0.6 is 0 Å². The predicted molar refractivity (Wildman–Crippen MR) is 99.3 cm³/mol. The number of anilines is 1. The highest BCUT2D eigenvalue weighted by molar-refractivity contribution is 5.90. The lowest BCUT2D eigenvalue weighted by Gasteiger charge is -2.36. The van der Waals surface area contributed by atoms with Gasteiger partial charge >= 0.3 is 6.03 Å². The Morgan fingerprint density at radius 3 is 2.62 bits per heavy atom. The molecule has 0 bridgehead atoms. The third kappa shape index (κ3) is 3.97. The summed E-state index contributed by atoms with van der Waals surface area (Å²) in [5, 5.41) is 3.13. The summed E-state index contributed by atoms with van der Waals surface area (Å²) < 4.78 is 0. The van der Waals surface area contributed by atoms with Crippen LogP contribution in [-0.4, -0.2) is 23.5 Å². The maximum atomic E-state index is 12.9. The maximum absolute atomic E-state index is 12.9. The van der Waals surface area contributed by atoms with Gasteiger partial charge in [-0.3, -0.25) is 0 Å². The smallest absolute Gasteiger partial charge is 0.321 e. The highest BCUT2D eigenvalue weighted by Gasteiger charge is 2.27. The minimum absolute atomic E-state index is 0.0385. The van der Waals surface area contributed by atoms with E-state index in [4.69, 9.17) is 0 Å². The Labute approximate surface area is 144 Å². The second-order valence-corrected chi connectivity index (χ2v) is 6.47. The average molecular weight is 322 g/mol. The molecule has 3 heteroatoms. The summed E-state index contributed by atoms with van der Waals surface area (Å²) in [6.45, 7) is 2.96. The number of carbonyl (C=O) groups excluding carboxylic acids is 1. The molecule has 2 aromatic rings. The lowest BCUT2D eigenvalue weighted by atomic mass is 9.96. The fraction of sp³-hybridized carbons (Fsp3) is 0.381. The number of rotatable bonds is 4. The Morgan fingerprint density at radius 1 is 1.08 bits per heavy atom. The SMILES string of the molecule is CCc1ccccc1NC(=O)N1CCCC[C@H]1Cc1ccccc1. The molecule has 3 nitrogen and oxygen atoms in total. The molecule has 1 aliphatic rings. The topological polar surface area (TPSA) is 32.3 Å². The molecule has 0 radical (unpaired) electrons. The third-order valence-electron chi connectivity index (χ3n) is 4.84. The summed E-state index contributed by atoms with van der Waals surface area (Å²) >= 11 is 0. The number of amides is 2. The molecule has 1 heterocycles. The van der Waals surface area contributed by atoms with Gasteiger partial charge in [-0.1, -0.05) is 55.5 Å². The molecule has 2 amide bonds. The van der Waals surface area contributed by atoms with E-state index in [1.807, 2.05) is 29.2 Å². The Hall–Kier alpha value is -2.29. The highest BCUT2D eigenvalue weighted by Crippen LogP contribution is 2.23. The molecule has 0 unspecified atom stereocenters. The van der Waals surface area contributed by atoms with E-state index < -0.39 is 0 Å². The molecule has 126 valence electrons. The minimum atomic E-state index is 0.0385. The molecule has 3 rings (SSSR count). The van der Waals surface area contributed by atoms with E-state index in [0.29, 0.717) is 0 Å². The van der Waals surface area contributed by atoms with Crippen LogP contribution in [0.25, 0.3) is 0 Å². The number of urea groups is 1. The predicted octanol–water partition coefficient (Wildman–Crippen LogP) is 4.88. The van der Waals surface area contributed by atoms with Crippen LogP contribution < -0.4 is 5.32 Å². The molecule has 1 saturated heterocycles. The number of nitrogens with one attached hydrogen (secondary N) is 1. The van der Waals surface area contributed by atoms with Crippen molar-refractivity contribution < 1.29 is 4.79 Å². The number of carbonyl (C=O) groups is 1. The number of para-hydroxylation sites is 1. The number of likely N-dealkylation sites (tertiary alicyclic amines) is 1. The highest BCUT2D eigenvalue weighted by atomic mass is 16.2. The van der Waals surface area contributed by atoms with Crippen molar-refractivity contribution in [2.24, 2.45) is 0 Å². The molecule has 0 saturated carbocycles. The van der Waals surface area contributed by atoms with E-state index in [-0.39, 0.29) is 12.1 Å². The summed E-state index contributed by atoms with van der Waals surface area (Å²) in [6.07, 6.45) is 5.23. The first-order valence-corrected chi connectivity index (χ1v) is 8.97. The summed E-state index contributed by atoms with van der Waals surface area (Å²) in [5.74, 6) is 0. The lowest BCUT2D eigenvalue weighted by molar-refractivity contribution is 0.162. The Kier molecular flexibility index (Phi) is 5.52. The monoisotopic (exact) mass is 322 g/mol. The van der Waals surface area contributed by atoms with Crippen LogP contribution in [0.4, 0.5) is 10.5 Å². The Bertz CT molecular complexity index is 669. The van der Waals surface area contributed by atoms with E-state index in [0.717, 1.165) is 37.9 Å². The van der Waals surface area contributed by atoms with Gasteiger partial charge in [-0.15, -0.1) is 0 Å². The van der Waals surface area contributed by atoms with Crippen molar-refractivity contribution in [3.63, 3.8) is 0 Å². The van der Waals surface area contributed by atoms with E-state index in [9.17, 15) is 4.79 Å². The van der Waals surface area contributed by atoms with Gasteiger partial charge in [-0.2, -0.15) is 0 Å². The molecular weight excluding hydrogens is 296 g/mol. The first-order valence-electron chi connectivity index (χ1n) is 8.97. The van der Waals surface area contributed by atoms with Crippen LogP contribution in [-0.2, 0) is 12.8 Å². The van der Waals surface area contributed by atoms with Crippen LogP contribution in [0.1, 0.15) is 37.3 Å². The molecule has 1 atom stereocenters. The van der Waals surface area contributed by atoms with Crippen LogP contribution in [0.2, 0.25) is 0 Å². The average Bonchev–Trinajstić information content (AvgIpc) is 2.63. The van der Waals surface area contributed by atoms with Gasteiger partial charge in [0.25, 0.3) is 0 Å². The number of piperidine rings is 1. The molecule has 1 fully saturated rings. The van der Waals surface area contributed by atoms with Crippen molar-refractivity contribution in [2.45, 2.75) is 45.1 Å². The van der Waals surface area contributed by atoms with Gasteiger partial charge in [0.15, 0.2) is 0 Å². The molecule has 0 aliphatic carbocycles. The first-order chi connectivity index (χ1) is 11.8. The Balaban J connectivity index is 1.71. The number of aryl methyl sites for hydroxylation is 1. The first kappa shape index (κ1) is 16.6. The van der Waals surface area contributed by atoms with E-state index >= 15 is 0 Å². The molecule has 1 N–H and O–H groups in total. The zero-order chi connectivity index (χ0) is 16.8. The molecule has 2 aromatic carbocycles. The Morgan fingerprint density at radius 2 is 1.83 bits per heavy atom. The number of hydrogen-bond donors (Lipinski definition) is 1. The summed E-state index contributed by atoms with van der Waals surface area (Å²) in [6, 6.07) is 18.9. The largest absolute Gasteiger partial charge is 0.322 e. The van der Waals surface area contributed by atoms with Crippen LogP contribution in [0.5, 0.6) is 0 Å². The van der Waals surface area contributed by atoms with Gasteiger partial charge in [0, 0.05) is 18.3 Å². The molecule has 24 heavy (non-hydrogen) atoms. The second kappa shape index (κ2) is 8.00.